The Morgan fingerprint density at radius 2 is 2.00 bits per heavy atom. The lowest BCUT2D eigenvalue weighted by atomic mass is 10.2. The first-order chi connectivity index (χ1) is 6.09. The van der Waals surface area contributed by atoms with Crippen LogP contribution >= 0.6 is 24.0 Å². The van der Waals surface area contributed by atoms with Gasteiger partial charge in [0.05, 0.1) is 12.0 Å². The number of hydrogen-bond acceptors (Lipinski definition) is 1. The van der Waals surface area contributed by atoms with E-state index in [2.05, 4.69) is 4.99 Å². The Morgan fingerprint density at radius 1 is 1.36 bits per heavy atom. The molecule has 1 rings (SSSR count). The van der Waals surface area contributed by atoms with E-state index in [4.69, 9.17) is 11.6 Å². The monoisotopic (exact) mass is 232 g/mol. The summed E-state index contributed by atoms with van der Waals surface area (Å²) in [7, 11) is 3.88. The second-order valence-electron chi connectivity index (χ2n) is 3.14. The van der Waals surface area contributed by atoms with Crippen molar-refractivity contribution in [2.75, 3.05) is 14.1 Å². The van der Waals surface area contributed by atoms with E-state index in [0.29, 0.717) is 0 Å². The first-order valence-electron chi connectivity index (χ1n) is 4.06. The summed E-state index contributed by atoms with van der Waals surface area (Å²) < 4.78 is 0. The van der Waals surface area contributed by atoms with Gasteiger partial charge in [-0.15, -0.1) is 12.4 Å². The lowest BCUT2D eigenvalue weighted by Crippen LogP contribution is -2.07. The average molecular weight is 233 g/mol. The molecule has 0 spiro atoms. The Labute approximate surface area is 96.0 Å². The Balaban J connectivity index is 0.00000169. The highest BCUT2D eigenvalue weighted by molar-refractivity contribution is 6.30. The molecule has 0 radical (unpaired) electrons. The summed E-state index contributed by atoms with van der Waals surface area (Å²) in [6.45, 7) is 1.99. The Bertz CT molecular complexity index is 322. The van der Waals surface area contributed by atoms with Crippen LogP contribution in [0.3, 0.4) is 0 Å². The van der Waals surface area contributed by atoms with E-state index in [0.717, 1.165) is 16.3 Å². The van der Waals surface area contributed by atoms with Crippen molar-refractivity contribution in [3.05, 3.63) is 28.8 Å². The fraction of sp³-hybridized carbons (Fsp3) is 0.300. The Morgan fingerprint density at radius 3 is 2.50 bits per heavy atom. The molecule has 0 aliphatic carbocycles. The molecule has 0 saturated carbocycles. The molecule has 0 saturated heterocycles. The molecule has 0 aliphatic heterocycles. The maximum atomic E-state index is 5.82. The van der Waals surface area contributed by atoms with E-state index in [1.54, 1.807) is 6.34 Å². The van der Waals surface area contributed by atoms with Crippen LogP contribution in [0.15, 0.2) is 23.2 Å². The fourth-order valence-corrected chi connectivity index (χ4v) is 1.17. The molecule has 0 bridgehead atoms. The van der Waals surface area contributed by atoms with Crippen molar-refractivity contribution in [3.63, 3.8) is 0 Å². The van der Waals surface area contributed by atoms with Crippen LogP contribution in [0.2, 0.25) is 5.02 Å². The molecule has 0 fully saturated rings. The van der Waals surface area contributed by atoms with Crippen molar-refractivity contribution >= 4 is 36.0 Å². The van der Waals surface area contributed by atoms with E-state index in [-0.39, 0.29) is 12.4 Å². The van der Waals surface area contributed by atoms with Crippen molar-refractivity contribution in [2.45, 2.75) is 6.92 Å². The highest BCUT2D eigenvalue weighted by Gasteiger charge is 1.95. The van der Waals surface area contributed by atoms with Gasteiger partial charge in [-0.1, -0.05) is 11.6 Å². The van der Waals surface area contributed by atoms with Gasteiger partial charge in [-0.2, -0.15) is 0 Å². The van der Waals surface area contributed by atoms with E-state index in [1.807, 2.05) is 44.1 Å². The van der Waals surface area contributed by atoms with E-state index < -0.39 is 0 Å². The van der Waals surface area contributed by atoms with Crippen LogP contribution in [0.1, 0.15) is 5.56 Å². The lowest BCUT2D eigenvalue weighted by Gasteiger charge is -2.04. The highest BCUT2D eigenvalue weighted by atomic mass is 35.5. The van der Waals surface area contributed by atoms with E-state index in [9.17, 15) is 0 Å². The van der Waals surface area contributed by atoms with Gasteiger partial charge in [0.2, 0.25) is 0 Å². The number of aliphatic imine (C=N–C) groups is 1. The molecule has 1 aromatic carbocycles. The molecule has 0 aliphatic rings. The standard InChI is InChI=1S/C10H13ClN2.ClH/c1-8-6-9(11)4-5-10(8)12-7-13(2)3;/h4-7H,1-3H3;1H/b12-7+;. The summed E-state index contributed by atoms with van der Waals surface area (Å²) in [6.07, 6.45) is 1.77. The molecule has 0 N–H and O–H groups in total. The van der Waals surface area contributed by atoms with Gasteiger partial charge in [0, 0.05) is 19.1 Å². The van der Waals surface area contributed by atoms with Gasteiger partial charge in [-0.05, 0) is 30.7 Å². The first kappa shape index (κ1) is 13.3. The molecule has 0 unspecified atom stereocenters. The molecule has 0 amide bonds. The summed E-state index contributed by atoms with van der Waals surface area (Å²) >= 11 is 5.82. The number of hydrogen-bond donors (Lipinski definition) is 0. The van der Waals surface area contributed by atoms with Crippen LogP contribution in [-0.2, 0) is 0 Å². The third kappa shape index (κ3) is 3.99. The topological polar surface area (TPSA) is 15.6 Å². The Kier molecular flexibility index (Phi) is 5.58. The van der Waals surface area contributed by atoms with Crippen LogP contribution in [0.25, 0.3) is 0 Å². The molecule has 0 atom stereocenters. The molecule has 2 nitrogen and oxygen atoms in total. The summed E-state index contributed by atoms with van der Waals surface area (Å²) in [4.78, 5) is 6.19. The first-order valence-corrected chi connectivity index (χ1v) is 4.44. The van der Waals surface area contributed by atoms with Crippen LogP contribution in [0.4, 0.5) is 5.69 Å². The normalized spacial score (nSPS) is 10.0. The minimum Gasteiger partial charge on any atom is -0.369 e. The summed E-state index contributed by atoms with van der Waals surface area (Å²) in [5.74, 6) is 0. The molecule has 4 heteroatoms. The zero-order chi connectivity index (χ0) is 9.84. The van der Waals surface area contributed by atoms with Gasteiger partial charge < -0.3 is 4.90 Å². The van der Waals surface area contributed by atoms with Crippen molar-refractivity contribution in [3.8, 4) is 0 Å². The van der Waals surface area contributed by atoms with Crippen molar-refractivity contribution < 1.29 is 0 Å². The van der Waals surface area contributed by atoms with Gasteiger partial charge in [0.25, 0.3) is 0 Å². The van der Waals surface area contributed by atoms with Crippen molar-refractivity contribution in [1.82, 2.24) is 4.90 Å². The molecule has 78 valence electrons. The number of aryl methyl sites for hydroxylation is 1. The van der Waals surface area contributed by atoms with Gasteiger partial charge in [0.15, 0.2) is 0 Å². The van der Waals surface area contributed by atoms with Crippen LogP contribution in [0.5, 0.6) is 0 Å². The second kappa shape index (κ2) is 5.89. The number of halogens is 2. The smallest absolute Gasteiger partial charge is 0.0907 e. The third-order valence-corrected chi connectivity index (χ3v) is 1.82. The SMILES string of the molecule is Cc1cc(Cl)ccc1/N=C/N(C)C.Cl. The molecule has 1 aromatic rings. The zero-order valence-electron chi connectivity index (χ0n) is 8.49. The highest BCUT2D eigenvalue weighted by Crippen LogP contribution is 2.21. The van der Waals surface area contributed by atoms with Crippen LogP contribution < -0.4 is 0 Å². The minimum atomic E-state index is 0. The largest absolute Gasteiger partial charge is 0.369 e. The maximum Gasteiger partial charge on any atom is 0.0907 e. The van der Waals surface area contributed by atoms with Crippen molar-refractivity contribution in [1.29, 1.82) is 0 Å². The molecular weight excluding hydrogens is 219 g/mol. The summed E-state index contributed by atoms with van der Waals surface area (Å²) in [5.41, 5.74) is 2.05. The number of nitrogens with zero attached hydrogens (tertiary/aromatic N) is 2. The van der Waals surface area contributed by atoms with Crippen LogP contribution in [0, 0.1) is 6.92 Å². The van der Waals surface area contributed by atoms with Gasteiger partial charge >= 0.3 is 0 Å². The van der Waals surface area contributed by atoms with Gasteiger partial charge in [0.1, 0.15) is 0 Å². The number of rotatable bonds is 2. The predicted octanol–water partition coefficient (Wildman–Crippen LogP) is 3.29. The third-order valence-electron chi connectivity index (χ3n) is 1.59. The van der Waals surface area contributed by atoms with Gasteiger partial charge in [-0.25, -0.2) is 4.99 Å². The Hall–Kier alpha value is -0.730. The van der Waals surface area contributed by atoms with E-state index in [1.165, 1.54) is 0 Å². The number of benzene rings is 1. The molecule has 0 aromatic heterocycles. The molecule has 0 heterocycles. The second-order valence-corrected chi connectivity index (χ2v) is 3.58. The lowest BCUT2D eigenvalue weighted by molar-refractivity contribution is 0.643. The van der Waals surface area contributed by atoms with Crippen molar-refractivity contribution in [2.24, 2.45) is 4.99 Å². The minimum absolute atomic E-state index is 0. The average Bonchev–Trinajstić information content (AvgIpc) is 2.02. The molecular formula is C10H14Cl2N2. The summed E-state index contributed by atoms with van der Waals surface area (Å²) in [6, 6.07) is 5.67. The zero-order valence-corrected chi connectivity index (χ0v) is 10.1. The molecule has 14 heavy (non-hydrogen) atoms. The summed E-state index contributed by atoms with van der Waals surface area (Å²) in [5, 5.41) is 0.751. The maximum absolute atomic E-state index is 5.82. The van der Waals surface area contributed by atoms with Crippen LogP contribution in [-0.4, -0.2) is 25.3 Å². The quantitative estimate of drug-likeness (QED) is 0.565. The van der Waals surface area contributed by atoms with Gasteiger partial charge in [-0.3, -0.25) is 0 Å². The predicted molar refractivity (Wildman–Crippen MR) is 65.3 cm³/mol. The fourth-order valence-electron chi connectivity index (χ4n) is 0.941. The van der Waals surface area contributed by atoms with E-state index >= 15 is 0 Å².